The fraction of sp³-hybridized carbons (Fsp3) is 0.143. The van der Waals surface area contributed by atoms with Gasteiger partial charge in [-0.1, -0.05) is 23.7 Å². The standard InChI is InChI=1S/C21H20ClN3O4S2/c1-14-5-6-17(24-20(26)7-9-23-21(27)15-8-10-30-13-15)12-19(14)31(28,29)25-18-4-2-3-16(22)11-18/h2-6,8,10-13,25H,7,9H2,1H3,(H,23,27)(H,24,26). The highest BCUT2D eigenvalue weighted by atomic mass is 35.5. The average Bonchev–Trinajstić information content (AvgIpc) is 3.24. The van der Waals surface area contributed by atoms with Crippen LogP contribution in [-0.2, 0) is 14.8 Å². The maximum atomic E-state index is 12.8. The zero-order valence-electron chi connectivity index (χ0n) is 16.5. The van der Waals surface area contributed by atoms with Crippen molar-refractivity contribution < 1.29 is 18.0 Å². The molecule has 1 aromatic heterocycles. The van der Waals surface area contributed by atoms with E-state index < -0.39 is 10.0 Å². The summed E-state index contributed by atoms with van der Waals surface area (Å²) >= 11 is 7.33. The van der Waals surface area contributed by atoms with E-state index in [2.05, 4.69) is 15.4 Å². The SMILES string of the molecule is Cc1ccc(NC(=O)CCNC(=O)c2ccsc2)cc1S(=O)(=O)Nc1cccc(Cl)c1. The molecule has 0 aliphatic rings. The van der Waals surface area contributed by atoms with E-state index in [1.807, 2.05) is 0 Å². The predicted molar refractivity (Wildman–Crippen MR) is 123 cm³/mol. The van der Waals surface area contributed by atoms with Gasteiger partial charge in [-0.05, 0) is 54.3 Å². The molecular formula is C21H20ClN3O4S2. The molecule has 31 heavy (non-hydrogen) atoms. The van der Waals surface area contributed by atoms with Crippen LogP contribution in [0, 0.1) is 6.92 Å². The summed E-state index contributed by atoms with van der Waals surface area (Å²) in [7, 11) is -3.89. The van der Waals surface area contributed by atoms with E-state index in [1.165, 1.54) is 23.5 Å². The van der Waals surface area contributed by atoms with Gasteiger partial charge >= 0.3 is 0 Å². The molecule has 0 atom stereocenters. The average molecular weight is 478 g/mol. The van der Waals surface area contributed by atoms with Crippen LogP contribution in [0.1, 0.15) is 22.3 Å². The minimum Gasteiger partial charge on any atom is -0.351 e. The summed E-state index contributed by atoms with van der Waals surface area (Å²) in [5, 5.41) is 9.26. The van der Waals surface area contributed by atoms with Gasteiger partial charge in [-0.15, -0.1) is 0 Å². The molecule has 0 bridgehead atoms. The molecule has 162 valence electrons. The number of aryl methyl sites for hydroxylation is 1. The minimum absolute atomic E-state index is 0.0380. The summed E-state index contributed by atoms with van der Waals surface area (Å²) in [6.07, 6.45) is 0.0482. The third-order valence-electron chi connectivity index (χ3n) is 4.26. The van der Waals surface area contributed by atoms with E-state index in [4.69, 9.17) is 11.6 Å². The van der Waals surface area contributed by atoms with Gasteiger partial charge in [0.05, 0.1) is 10.6 Å². The first-order valence-corrected chi connectivity index (χ1v) is 12.0. The van der Waals surface area contributed by atoms with Crippen molar-refractivity contribution in [1.82, 2.24) is 5.32 Å². The Balaban J connectivity index is 1.63. The van der Waals surface area contributed by atoms with E-state index in [9.17, 15) is 18.0 Å². The highest BCUT2D eigenvalue weighted by Crippen LogP contribution is 2.24. The van der Waals surface area contributed by atoms with Gasteiger partial charge in [-0.3, -0.25) is 14.3 Å². The van der Waals surface area contributed by atoms with Crippen molar-refractivity contribution in [2.24, 2.45) is 0 Å². The third kappa shape index (κ3) is 6.30. The zero-order valence-corrected chi connectivity index (χ0v) is 18.9. The van der Waals surface area contributed by atoms with E-state index >= 15 is 0 Å². The summed E-state index contributed by atoms with van der Waals surface area (Å²) in [6, 6.07) is 12.7. The van der Waals surface area contributed by atoms with Crippen LogP contribution in [0.3, 0.4) is 0 Å². The topological polar surface area (TPSA) is 104 Å². The summed E-state index contributed by atoms with van der Waals surface area (Å²) in [6.45, 7) is 1.83. The Morgan fingerprint density at radius 3 is 2.58 bits per heavy atom. The number of sulfonamides is 1. The van der Waals surface area contributed by atoms with Crippen molar-refractivity contribution in [2.45, 2.75) is 18.2 Å². The number of hydrogen-bond donors (Lipinski definition) is 3. The number of amides is 2. The van der Waals surface area contributed by atoms with Crippen LogP contribution >= 0.6 is 22.9 Å². The van der Waals surface area contributed by atoms with Gasteiger partial charge in [0.1, 0.15) is 0 Å². The molecule has 0 fully saturated rings. The molecule has 0 unspecified atom stereocenters. The lowest BCUT2D eigenvalue weighted by Crippen LogP contribution is -2.27. The largest absolute Gasteiger partial charge is 0.351 e. The molecule has 0 radical (unpaired) electrons. The third-order valence-corrected chi connectivity index (χ3v) is 6.70. The second kappa shape index (κ2) is 9.95. The molecule has 0 saturated heterocycles. The summed E-state index contributed by atoms with van der Waals surface area (Å²) in [5.41, 5.74) is 1.75. The van der Waals surface area contributed by atoms with Gasteiger partial charge in [0, 0.05) is 34.6 Å². The maximum absolute atomic E-state index is 12.8. The minimum atomic E-state index is -3.89. The number of hydrogen-bond acceptors (Lipinski definition) is 5. The van der Waals surface area contributed by atoms with Crippen LogP contribution in [0.15, 0.2) is 64.2 Å². The first-order chi connectivity index (χ1) is 14.7. The van der Waals surface area contributed by atoms with E-state index in [0.717, 1.165) is 0 Å². The second-order valence-corrected chi connectivity index (χ2v) is 9.53. The van der Waals surface area contributed by atoms with Crippen LogP contribution in [0.4, 0.5) is 11.4 Å². The van der Waals surface area contributed by atoms with Gasteiger partial charge in [0.25, 0.3) is 15.9 Å². The van der Waals surface area contributed by atoms with Crippen molar-refractivity contribution in [1.29, 1.82) is 0 Å². The Bertz CT molecular complexity index is 1200. The van der Waals surface area contributed by atoms with Crippen LogP contribution in [-0.4, -0.2) is 26.8 Å². The van der Waals surface area contributed by atoms with Gasteiger partial charge in [0.2, 0.25) is 5.91 Å². The van der Waals surface area contributed by atoms with E-state index in [1.54, 1.807) is 54.1 Å². The lowest BCUT2D eigenvalue weighted by atomic mass is 10.2. The zero-order chi connectivity index (χ0) is 22.4. The second-order valence-electron chi connectivity index (χ2n) is 6.66. The van der Waals surface area contributed by atoms with Crippen LogP contribution in [0.25, 0.3) is 0 Å². The molecule has 3 rings (SSSR count). The number of anilines is 2. The summed E-state index contributed by atoms with van der Waals surface area (Å²) < 4.78 is 28.1. The highest BCUT2D eigenvalue weighted by Gasteiger charge is 2.18. The van der Waals surface area contributed by atoms with Crippen molar-refractivity contribution in [3.63, 3.8) is 0 Å². The normalized spacial score (nSPS) is 11.0. The molecule has 1 heterocycles. The number of halogens is 1. The molecule has 3 N–H and O–H groups in total. The highest BCUT2D eigenvalue weighted by molar-refractivity contribution is 7.92. The molecule has 0 aliphatic heterocycles. The number of carbonyl (C=O) groups excluding carboxylic acids is 2. The Kier molecular flexibility index (Phi) is 7.32. The first kappa shape index (κ1) is 22.8. The number of benzene rings is 2. The summed E-state index contributed by atoms with van der Waals surface area (Å²) in [4.78, 5) is 24.1. The van der Waals surface area contributed by atoms with E-state index in [-0.39, 0.29) is 29.7 Å². The molecule has 2 amide bonds. The lowest BCUT2D eigenvalue weighted by Gasteiger charge is -2.13. The Morgan fingerprint density at radius 2 is 1.87 bits per heavy atom. The summed E-state index contributed by atoms with van der Waals surface area (Å²) in [5.74, 6) is -0.592. The van der Waals surface area contributed by atoms with Gasteiger partial charge in [0.15, 0.2) is 0 Å². The van der Waals surface area contributed by atoms with Crippen molar-refractivity contribution >= 4 is 56.2 Å². The number of carbonyl (C=O) groups is 2. The Labute approximate surface area is 189 Å². The molecular weight excluding hydrogens is 458 g/mol. The molecule has 0 aliphatic carbocycles. The molecule has 10 heteroatoms. The van der Waals surface area contributed by atoms with Gasteiger partial charge in [-0.2, -0.15) is 11.3 Å². The Hall–Kier alpha value is -2.88. The van der Waals surface area contributed by atoms with Crippen molar-refractivity contribution in [2.75, 3.05) is 16.6 Å². The fourth-order valence-corrected chi connectivity index (χ4v) is 4.89. The first-order valence-electron chi connectivity index (χ1n) is 9.24. The smallest absolute Gasteiger partial charge is 0.262 e. The van der Waals surface area contributed by atoms with Crippen molar-refractivity contribution in [3.8, 4) is 0 Å². The molecule has 2 aromatic carbocycles. The van der Waals surface area contributed by atoms with Gasteiger partial charge in [-0.25, -0.2) is 8.42 Å². The fourth-order valence-electron chi connectivity index (χ4n) is 2.74. The molecule has 0 spiro atoms. The van der Waals surface area contributed by atoms with Crippen LogP contribution < -0.4 is 15.4 Å². The number of thiophene rings is 1. The molecule has 0 saturated carbocycles. The van der Waals surface area contributed by atoms with E-state index in [0.29, 0.717) is 27.5 Å². The molecule has 7 nitrogen and oxygen atoms in total. The van der Waals surface area contributed by atoms with Gasteiger partial charge < -0.3 is 10.6 Å². The van der Waals surface area contributed by atoms with Crippen LogP contribution in [0.2, 0.25) is 5.02 Å². The predicted octanol–water partition coefficient (Wildman–Crippen LogP) is 4.27. The lowest BCUT2D eigenvalue weighted by molar-refractivity contribution is -0.116. The number of nitrogens with one attached hydrogen (secondary N) is 3. The van der Waals surface area contributed by atoms with Crippen molar-refractivity contribution in [3.05, 3.63) is 75.4 Å². The quantitative estimate of drug-likeness (QED) is 0.450. The maximum Gasteiger partial charge on any atom is 0.262 e. The number of rotatable bonds is 8. The monoisotopic (exact) mass is 477 g/mol. The Morgan fingerprint density at radius 1 is 1.06 bits per heavy atom. The van der Waals surface area contributed by atoms with Crippen LogP contribution in [0.5, 0.6) is 0 Å². The molecule has 3 aromatic rings.